The van der Waals surface area contributed by atoms with Gasteiger partial charge in [-0.05, 0) is 62.8 Å². The zero-order valence-electron chi connectivity index (χ0n) is 16.4. The molecule has 158 valence electrons. The van der Waals surface area contributed by atoms with E-state index in [4.69, 9.17) is 20.4 Å². The molecule has 30 heavy (non-hydrogen) atoms. The minimum atomic E-state index is -1.16. The van der Waals surface area contributed by atoms with Crippen LogP contribution in [0.3, 0.4) is 0 Å². The molecule has 2 fully saturated rings. The number of benzene rings is 1. The molecule has 1 N–H and O–H groups in total. The summed E-state index contributed by atoms with van der Waals surface area (Å²) in [7, 11) is 0. The Hall–Kier alpha value is -1.96. The van der Waals surface area contributed by atoms with Gasteiger partial charge in [-0.2, -0.15) is 0 Å². The summed E-state index contributed by atoms with van der Waals surface area (Å²) in [5, 5.41) is 4.09. The van der Waals surface area contributed by atoms with Crippen LogP contribution in [0.5, 0.6) is 0 Å². The Bertz CT molecular complexity index is 1050. The minimum Gasteiger partial charge on any atom is -0.609 e. The Kier molecular flexibility index (Phi) is 5.52. The van der Waals surface area contributed by atoms with Crippen molar-refractivity contribution in [2.75, 3.05) is 5.75 Å². The van der Waals surface area contributed by atoms with Crippen molar-refractivity contribution in [2.45, 2.75) is 55.6 Å². The van der Waals surface area contributed by atoms with E-state index in [9.17, 15) is 9.35 Å². The zero-order valence-corrected chi connectivity index (χ0v) is 18.0. The fraction of sp³-hybridized carbons (Fsp3) is 0.455. The second-order valence-corrected chi connectivity index (χ2v) is 10.1. The van der Waals surface area contributed by atoms with Gasteiger partial charge in [0.1, 0.15) is 11.3 Å². The van der Waals surface area contributed by atoms with E-state index < -0.39 is 11.2 Å². The first-order chi connectivity index (χ1) is 14.5. The first-order valence-corrected chi connectivity index (χ1v) is 12.1. The monoisotopic (exact) mass is 446 g/mol. The van der Waals surface area contributed by atoms with E-state index in [1.807, 2.05) is 12.1 Å². The highest BCUT2D eigenvalue weighted by Gasteiger charge is 2.31. The maximum atomic E-state index is 12.5. The molecule has 5 rings (SSSR count). The smallest absolute Gasteiger partial charge is 0.311 e. The first kappa shape index (κ1) is 20.0. The molecule has 8 heteroatoms. The van der Waals surface area contributed by atoms with E-state index in [-0.39, 0.29) is 23.6 Å². The summed E-state index contributed by atoms with van der Waals surface area (Å²) in [5.41, 5.74) is 1.53. The standard InChI is InChI=1S/C22H23ClN2O4S/c23-15-5-8-18-17(11-15)25-22(29-18)14-3-6-16(7-4-14)24-21(26)19-9-10-20(28-19)30(27)12-13-1-2-13/h5,8-11,13-14,16H,1-4,6-7,12H2,(H,24,26)/t14-,16-,30-/m1/s1. The van der Waals surface area contributed by atoms with E-state index >= 15 is 0 Å². The molecule has 2 aliphatic rings. The summed E-state index contributed by atoms with van der Waals surface area (Å²) >= 11 is 4.87. The van der Waals surface area contributed by atoms with E-state index in [1.165, 1.54) is 0 Å². The molecule has 2 aliphatic carbocycles. The van der Waals surface area contributed by atoms with Gasteiger partial charge in [0.2, 0.25) is 0 Å². The van der Waals surface area contributed by atoms with E-state index in [2.05, 4.69) is 10.3 Å². The number of nitrogens with zero attached hydrogens (tertiary/aromatic N) is 1. The molecule has 1 amide bonds. The van der Waals surface area contributed by atoms with Crippen LogP contribution in [0, 0.1) is 5.92 Å². The average Bonchev–Trinajstić information content (AvgIpc) is 3.25. The summed E-state index contributed by atoms with van der Waals surface area (Å²) in [6, 6.07) is 8.81. The van der Waals surface area contributed by atoms with Crippen LogP contribution in [0.15, 0.2) is 44.3 Å². The second kappa shape index (κ2) is 8.29. The van der Waals surface area contributed by atoms with Gasteiger partial charge in [-0.25, -0.2) is 4.98 Å². The number of carbonyl (C=O) groups excluding carboxylic acids is 1. The topological polar surface area (TPSA) is 91.3 Å². The summed E-state index contributed by atoms with van der Waals surface area (Å²) in [5.74, 6) is 2.13. The van der Waals surface area contributed by atoms with E-state index in [0.717, 1.165) is 55.5 Å². The molecule has 2 aromatic heterocycles. The number of hydrogen-bond acceptors (Lipinski definition) is 5. The normalized spacial score (nSPS) is 22.9. The van der Waals surface area contributed by atoms with Crippen molar-refractivity contribution in [1.29, 1.82) is 0 Å². The molecule has 0 radical (unpaired) electrons. The summed E-state index contributed by atoms with van der Waals surface area (Å²) in [6.45, 7) is 0. The van der Waals surface area contributed by atoms with Crippen LogP contribution in [0.4, 0.5) is 0 Å². The molecule has 1 aromatic carbocycles. The van der Waals surface area contributed by atoms with Crippen LogP contribution in [0.25, 0.3) is 11.1 Å². The SMILES string of the molecule is O=C(N[C@H]1CC[C@H](c2nc3cc(Cl)ccc3o2)CC1)c1ccc([S@+]([O-])CC2CC2)o1. The Labute approximate surface area is 182 Å². The fourth-order valence-corrected chi connectivity index (χ4v) is 5.47. The number of oxazole rings is 1. The lowest BCUT2D eigenvalue weighted by Crippen LogP contribution is -2.37. The minimum absolute atomic E-state index is 0.0816. The second-order valence-electron chi connectivity index (χ2n) is 8.26. The van der Waals surface area contributed by atoms with Crippen molar-refractivity contribution in [3.05, 3.63) is 47.0 Å². The molecule has 0 spiro atoms. The van der Waals surface area contributed by atoms with Crippen molar-refractivity contribution in [3.63, 3.8) is 0 Å². The number of hydrogen-bond donors (Lipinski definition) is 1. The third kappa shape index (κ3) is 4.38. The highest BCUT2D eigenvalue weighted by Crippen LogP contribution is 2.35. The van der Waals surface area contributed by atoms with Crippen molar-refractivity contribution in [3.8, 4) is 0 Å². The van der Waals surface area contributed by atoms with Gasteiger partial charge in [-0.1, -0.05) is 11.6 Å². The lowest BCUT2D eigenvalue weighted by molar-refractivity contribution is 0.0891. The van der Waals surface area contributed by atoms with Crippen LogP contribution in [0.2, 0.25) is 5.02 Å². The molecule has 0 aliphatic heterocycles. The molecule has 3 aromatic rings. The van der Waals surface area contributed by atoms with Gasteiger partial charge in [0.05, 0.1) is 0 Å². The fourth-order valence-electron chi connectivity index (χ4n) is 3.98. The van der Waals surface area contributed by atoms with Crippen molar-refractivity contribution < 1.29 is 18.2 Å². The average molecular weight is 447 g/mol. The molecular weight excluding hydrogens is 424 g/mol. The third-order valence-corrected chi connectivity index (χ3v) is 7.57. The highest BCUT2D eigenvalue weighted by atomic mass is 35.5. The van der Waals surface area contributed by atoms with Crippen molar-refractivity contribution >= 4 is 39.8 Å². The molecule has 0 saturated heterocycles. The number of carbonyl (C=O) groups is 1. The van der Waals surface area contributed by atoms with Crippen molar-refractivity contribution in [2.24, 2.45) is 5.92 Å². The predicted octanol–water partition coefficient (Wildman–Crippen LogP) is 5.05. The molecule has 2 saturated carbocycles. The Morgan fingerprint density at radius 3 is 2.70 bits per heavy atom. The predicted molar refractivity (Wildman–Crippen MR) is 114 cm³/mol. The first-order valence-electron chi connectivity index (χ1n) is 10.4. The van der Waals surface area contributed by atoms with Gasteiger partial charge in [-0.15, -0.1) is 0 Å². The number of halogens is 1. The van der Waals surface area contributed by atoms with Gasteiger partial charge < -0.3 is 18.7 Å². The lowest BCUT2D eigenvalue weighted by atomic mass is 9.86. The third-order valence-electron chi connectivity index (χ3n) is 5.89. The molecule has 1 atom stereocenters. The van der Waals surface area contributed by atoms with Crippen LogP contribution in [-0.2, 0) is 11.2 Å². The van der Waals surface area contributed by atoms with Crippen LogP contribution in [-0.4, -0.2) is 27.2 Å². The van der Waals surface area contributed by atoms with Gasteiger partial charge in [0.15, 0.2) is 17.2 Å². The number of nitrogens with one attached hydrogen (secondary N) is 1. The number of fused-ring (bicyclic) bond motifs is 1. The molecule has 6 nitrogen and oxygen atoms in total. The molecule has 2 heterocycles. The van der Waals surface area contributed by atoms with Crippen LogP contribution < -0.4 is 5.32 Å². The Morgan fingerprint density at radius 2 is 1.93 bits per heavy atom. The molecular formula is C22H23ClN2O4S. The van der Waals surface area contributed by atoms with E-state index in [0.29, 0.717) is 21.8 Å². The summed E-state index contributed by atoms with van der Waals surface area (Å²) in [6.07, 6.45) is 5.74. The number of furan rings is 1. The molecule has 0 unspecified atom stereocenters. The largest absolute Gasteiger partial charge is 0.609 e. The highest BCUT2D eigenvalue weighted by molar-refractivity contribution is 7.91. The van der Waals surface area contributed by atoms with Gasteiger partial charge in [-0.3, -0.25) is 4.79 Å². The number of amides is 1. The molecule has 0 bridgehead atoms. The number of rotatable bonds is 6. The number of aromatic nitrogens is 1. The van der Waals surface area contributed by atoms with Crippen LogP contribution in [0.1, 0.15) is 60.9 Å². The summed E-state index contributed by atoms with van der Waals surface area (Å²) < 4.78 is 23.7. The van der Waals surface area contributed by atoms with Crippen LogP contribution >= 0.6 is 11.6 Å². The Morgan fingerprint density at radius 1 is 1.13 bits per heavy atom. The maximum Gasteiger partial charge on any atom is 0.311 e. The quantitative estimate of drug-likeness (QED) is 0.535. The van der Waals surface area contributed by atoms with Crippen molar-refractivity contribution in [1.82, 2.24) is 10.3 Å². The lowest BCUT2D eigenvalue weighted by Gasteiger charge is -2.27. The zero-order chi connectivity index (χ0) is 20.7. The van der Waals surface area contributed by atoms with Gasteiger partial charge >= 0.3 is 5.09 Å². The maximum absolute atomic E-state index is 12.5. The Balaban J connectivity index is 1.15. The van der Waals surface area contributed by atoms with Gasteiger partial charge in [0, 0.05) is 40.1 Å². The van der Waals surface area contributed by atoms with E-state index in [1.54, 1.807) is 18.2 Å². The van der Waals surface area contributed by atoms with Gasteiger partial charge in [0.25, 0.3) is 5.91 Å². The summed E-state index contributed by atoms with van der Waals surface area (Å²) in [4.78, 5) is 17.1.